The van der Waals surface area contributed by atoms with Gasteiger partial charge in [-0.3, -0.25) is 0 Å². The largest absolute Gasteiger partial charge is 0.391 e. The third-order valence-corrected chi connectivity index (χ3v) is 6.20. The van der Waals surface area contributed by atoms with Gasteiger partial charge >= 0.3 is 0 Å². The molecule has 3 rings (SSSR count). The lowest BCUT2D eigenvalue weighted by Gasteiger charge is -2.39. The molecule has 4 N–H and O–H groups in total. The lowest BCUT2D eigenvalue weighted by molar-refractivity contribution is -1.03. The molecule has 3 aliphatic rings. The number of piperazine rings is 1. The van der Waals surface area contributed by atoms with Gasteiger partial charge in [-0.15, -0.1) is 0 Å². The molecule has 0 unspecified atom stereocenters. The molecule has 0 bridgehead atoms. The number of nitrogens with one attached hydrogen (secondary N) is 3. The van der Waals surface area contributed by atoms with Crippen LogP contribution in [-0.2, 0) is 0 Å². The second kappa shape index (κ2) is 7.21. The molecule has 20 heavy (non-hydrogen) atoms. The van der Waals surface area contributed by atoms with Gasteiger partial charge in [-0.05, 0) is 25.7 Å². The summed E-state index contributed by atoms with van der Waals surface area (Å²) in [6.07, 6.45) is 8.87. The first-order chi connectivity index (χ1) is 9.86. The van der Waals surface area contributed by atoms with Gasteiger partial charge in [0.15, 0.2) is 0 Å². The van der Waals surface area contributed by atoms with E-state index in [1.807, 2.05) is 9.80 Å². The van der Waals surface area contributed by atoms with Crippen molar-refractivity contribution in [2.24, 2.45) is 0 Å². The summed E-state index contributed by atoms with van der Waals surface area (Å²) in [4.78, 5) is 5.42. The first-order valence-corrected chi connectivity index (χ1v) is 9.00. The molecular weight excluding hydrogens is 250 g/mol. The normalized spacial score (nSPS) is 40.0. The van der Waals surface area contributed by atoms with Crippen molar-refractivity contribution in [3.63, 3.8) is 0 Å². The van der Waals surface area contributed by atoms with Gasteiger partial charge in [0.1, 0.15) is 32.7 Å². The molecule has 116 valence electrons. The summed E-state index contributed by atoms with van der Waals surface area (Å²) in [6, 6.07) is 1.95. The van der Waals surface area contributed by atoms with Gasteiger partial charge in [0.2, 0.25) is 0 Å². The predicted octanol–water partition coefficient (Wildman–Crippen LogP) is -3.25. The molecule has 0 atom stereocenters. The van der Waals surface area contributed by atoms with E-state index in [1.54, 1.807) is 4.90 Å². The molecule has 1 aliphatic carbocycles. The maximum Gasteiger partial charge on any atom is 0.127 e. The van der Waals surface area contributed by atoms with Crippen molar-refractivity contribution in [2.75, 3.05) is 52.4 Å². The smallest absolute Gasteiger partial charge is 0.127 e. The average Bonchev–Trinajstić information content (AvgIpc) is 3.03. The Kier molecular flexibility index (Phi) is 5.32. The minimum absolute atomic E-state index is 0.355. The molecule has 2 saturated heterocycles. The molecule has 2 aliphatic heterocycles. The lowest BCUT2D eigenvalue weighted by Crippen LogP contribution is -3.30. The van der Waals surface area contributed by atoms with E-state index in [4.69, 9.17) is 5.11 Å². The van der Waals surface area contributed by atoms with Gasteiger partial charge in [-0.2, -0.15) is 0 Å². The summed E-state index contributed by atoms with van der Waals surface area (Å²) in [5.41, 5.74) is 0. The molecule has 0 aromatic heterocycles. The highest BCUT2D eigenvalue weighted by atomic mass is 16.3. The van der Waals surface area contributed by atoms with E-state index in [1.165, 1.54) is 77.8 Å². The topological polar surface area (TPSA) is 33.6 Å². The van der Waals surface area contributed by atoms with Crippen LogP contribution in [0.25, 0.3) is 0 Å². The third-order valence-electron chi connectivity index (χ3n) is 6.20. The van der Waals surface area contributed by atoms with Crippen LogP contribution in [0.2, 0.25) is 0 Å². The summed E-state index contributed by atoms with van der Waals surface area (Å²) < 4.78 is 0. The Morgan fingerprint density at radius 1 is 0.700 bits per heavy atom. The van der Waals surface area contributed by atoms with Crippen LogP contribution in [0, 0.1) is 0 Å². The molecular formula is C16H34N3O+3. The molecule has 0 amide bonds. The number of aliphatic hydroxyl groups excluding tert-OH is 1. The minimum atomic E-state index is 0.355. The number of piperidine rings is 1. The van der Waals surface area contributed by atoms with Gasteiger partial charge in [-0.25, -0.2) is 0 Å². The number of likely N-dealkylation sites (tertiary alicyclic amines) is 1. The highest BCUT2D eigenvalue weighted by Gasteiger charge is 2.36. The van der Waals surface area contributed by atoms with Crippen molar-refractivity contribution < 1.29 is 19.8 Å². The van der Waals surface area contributed by atoms with Gasteiger partial charge in [-0.1, -0.05) is 0 Å². The van der Waals surface area contributed by atoms with E-state index < -0.39 is 0 Å². The fourth-order valence-electron chi connectivity index (χ4n) is 4.88. The molecule has 4 heteroatoms. The average molecular weight is 284 g/mol. The Balaban J connectivity index is 1.40. The summed E-state index contributed by atoms with van der Waals surface area (Å²) >= 11 is 0. The van der Waals surface area contributed by atoms with E-state index in [-0.39, 0.29) is 0 Å². The van der Waals surface area contributed by atoms with Gasteiger partial charge in [0.05, 0.1) is 31.8 Å². The van der Waals surface area contributed by atoms with Crippen molar-refractivity contribution in [3.05, 3.63) is 0 Å². The summed E-state index contributed by atoms with van der Waals surface area (Å²) in [5, 5.41) is 9.04. The van der Waals surface area contributed by atoms with Crippen LogP contribution in [0.3, 0.4) is 0 Å². The predicted molar refractivity (Wildman–Crippen MR) is 79.3 cm³/mol. The van der Waals surface area contributed by atoms with E-state index >= 15 is 0 Å². The summed E-state index contributed by atoms with van der Waals surface area (Å²) in [5.74, 6) is 0. The molecule has 0 radical (unpaired) electrons. The van der Waals surface area contributed by atoms with Gasteiger partial charge in [0.25, 0.3) is 0 Å². The van der Waals surface area contributed by atoms with Crippen LogP contribution in [0.4, 0.5) is 0 Å². The standard InChI is InChI=1S/C16H31N3O/c20-14-13-17-9-11-19(12-10-17)16-5-7-18(8-6-16)15-3-1-2-4-15/h15-16,20H,1-14H2/p+3. The van der Waals surface area contributed by atoms with Crippen molar-refractivity contribution in [2.45, 2.75) is 50.6 Å². The highest BCUT2D eigenvalue weighted by molar-refractivity contribution is 4.69. The first kappa shape index (κ1) is 14.8. The Morgan fingerprint density at radius 3 is 1.85 bits per heavy atom. The van der Waals surface area contributed by atoms with E-state index in [0.29, 0.717) is 6.61 Å². The van der Waals surface area contributed by atoms with Crippen molar-refractivity contribution in [1.82, 2.24) is 0 Å². The highest BCUT2D eigenvalue weighted by Crippen LogP contribution is 2.16. The van der Waals surface area contributed by atoms with Crippen molar-refractivity contribution >= 4 is 0 Å². The monoisotopic (exact) mass is 284 g/mol. The van der Waals surface area contributed by atoms with Crippen LogP contribution in [-0.4, -0.2) is 69.6 Å². The van der Waals surface area contributed by atoms with Crippen LogP contribution in [0.15, 0.2) is 0 Å². The zero-order valence-electron chi connectivity index (χ0n) is 13.0. The number of rotatable bonds is 4. The van der Waals surface area contributed by atoms with Crippen LogP contribution in [0.1, 0.15) is 38.5 Å². The van der Waals surface area contributed by atoms with Crippen LogP contribution < -0.4 is 14.7 Å². The Hall–Kier alpha value is -0.160. The Morgan fingerprint density at radius 2 is 1.25 bits per heavy atom. The van der Waals surface area contributed by atoms with Crippen molar-refractivity contribution in [3.8, 4) is 0 Å². The van der Waals surface area contributed by atoms with E-state index in [2.05, 4.69) is 0 Å². The Bertz CT molecular complexity index is 277. The molecule has 2 heterocycles. The second-order valence-corrected chi connectivity index (χ2v) is 7.30. The number of quaternary nitrogens is 3. The zero-order chi connectivity index (χ0) is 13.8. The van der Waals surface area contributed by atoms with E-state index in [0.717, 1.165) is 18.6 Å². The lowest BCUT2D eigenvalue weighted by atomic mass is 10.00. The molecule has 0 aromatic rings. The first-order valence-electron chi connectivity index (χ1n) is 9.00. The van der Waals surface area contributed by atoms with Crippen molar-refractivity contribution in [1.29, 1.82) is 0 Å². The molecule has 0 spiro atoms. The number of hydrogen-bond donors (Lipinski definition) is 4. The van der Waals surface area contributed by atoms with Crippen LogP contribution in [0.5, 0.6) is 0 Å². The van der Waals surface area contributed by atoms with E-state index in [9.17, 15) is 0 Å². The second-order valence-electron chi connectivity index (χ2n) is 7.30. The third kappa shape index (κ3) is 3.53. The number of hydrogen-bond acceptors (Lipinski definition) is 1. The van der Waals surface area contributed by atoms with Crippen LogP contribution >= 0.6 is 0 Å². The number of aliphatic hydroxyl groups is 1. The quantitative estimate of drug-likeness (QED) is 0.430. The molecule has 4 nitrogen and oxygen atoms in total. The van der Waals surface area contributed by atoms with Gasteiger partial charge in [0, 0.05) is 12.8 Å². The molecule has 1 saturated carbocycles. The summed E-state index contributed by atoms with van der Waals surface area (Å²) in [7, 11) is 0. The van der Waals surface area contributed by atoms with Gasteiger partial charge < -0.3 is 19.8 Å². The fourth-order valence-corrected chi connectivity index (χ4v) is 4.88. The summed E-state index contributed by atoms with van der Waals surface area (Å²) in [6.45, 7) is 9.39. The molecule has 0 aromatic carbocycles. The maximum atomic E-state index is 9.04. The fraction of sp³-hybridized carbons (Fsp3) is 1.00. The maximum absolute atomic E-state index is 9.04. The molecule has 3 fully saturated rings. The SMILES string of the molecule is OCC[NH+]1CC[NH+](C2CC[NH+](C3CCCC3)CC2)CC1. The minimum Gasteiger partial charge on any atom is -0.391 e. The zero-order valence-corrected chi connectivity index (χ0v) is 13.0. The Labute approximate surface area is 123 Å².